The summed E-state index contributed by atoms with van der Waals surface area (Å²) in [6.07, 6.45) is 4.32. The van der Waals surface area contributed by atoms with Crippen LogP contribution in [-0.2, 0) is 13.6 Å². The first-order valence-electron chi connectivity index (χ1n) is 10.0. The lowest BCUT2D eigenvalue weighted by Crippen LogP contribution is -2.22. The molecule has 0 aliphatic carbocycles. The number of ether oxygens (including phenoxy) is 2. The van der Waals surface area contributed by atoms with Gasteiger partial charge in [0.15, 0.2) is 0 Å². The SMILES string of the molecule is COc1nn(C)cc1[C@@H]1CCCN1Cc1ccc(Oc2ccc(C(N)=O)cc2)cc1. The third kappa shape index (κ3) is 4.31. The molecule has 2 N–H and O–H groups in total. The molecule has 30 heavy (non-hydrogen) atoms. The predicted octanol–water partition coefficient (Wildman–Crippen LogP) is 3.66. The fourth-order valence-electron chi connectivity index (χ4n) is 3.96. The minimum Gasteiger partial charge on any atom is -0.480 e. The number of likely N-dealkylation sites (tertiary alicyclic amines) is 1. The summed E-state index contributed by atoms with van der Waals surface area (Å²) < 4.78 is 13.1. The van der Waals surface area contributed by atoms with Gasteiger partial charge in [-0.15, -0.1) is 5.10 Å². The van der Waals surface area contributed by atoms with Crippen molar-refractivity contribution in [2.45, 2.75) is 25.4 Å². The largest absolute Gasteiger partial charge is 0.480 e. The van der Waals surface area contributed by atoms with Crippen molar-refractivity contribution < 1.29 is 14.3 Å². The number of hydrogen-bond acceptors (Lipinski definition) is 5. The van der Waals surface area contributed by atoms with E-state index < -0.39 is 5.91 Å². The van der Waals surface area contributed by atoms with Crippen molar-refractivity contribution >= 4 is 5.91 Å². The fourth-order valence-corrected chi connectivity index (χ4v) is 3.96. The summed E-state index contributed by atoms with van der Waals surface area (Å²) in [7, 11) is 3.59. The topological polar surface area (TPSA) is 82.6 Å². The number of nitrogens with zero attached hydrogens (tertiary/aromatic N) is 3. The molecule has 0 spiro atoms. The molecular formula is C23H26N4O3. The molecule has 1 aromatic heterocycles. The van der Waals surface area contributed by atoms with Crippen LogP contribution in [0.1, 0.15) is 40.4 Å². The van der Waals surface area contributed by atoms with Crippen LogP contribution < -0.4 is 15.2 Å². The molecule has 1 fully saturated rings. The molecule has 7 nitrogen and oxygen atoms in total. The summed E-state index contributed by atoms with van der Waals surface area (Å²) in [6.45, 7) is 1.91. The lowest BCUT2D eigenvalue weighted by atomic mass is 10.1. The minimum atomic E-state index is -0.449. The minimum absolute atomic E-state index is 0.313. The number of nitrogens with two attached hydrogens (primary N) is 1. The van der Waals surface area contributed by atoms with E-state index in [0.717, 1.165) is 37.2 Å². The Bertz CT molecular complexity index is 1010. The summed E-state index contributed by atoms with van der Waals surface area (Å²) >= 11 is 0. The van der Waals surface area contributed by atoms with E-state index in [1.165, 1.54) is 5.56 Å². The van der Waals surface area contributed by atoms with Crippen molar-refractivity contribution in [3.63, 3.8) is 0 Å². The zero-order chi connectivity index (χ0) is 21.1. The van der Waals surface area contributed by atoms with Crippen LogP contribution in [0.2, 0.25) is 0 Å². The quantitative estimate of drug-likeness (QED) is 0.648. The molecule has 0 saturated carbocycles. The van der Waals surface area contributed by atoms with Gasteiger partial charge in [-0.1, -0.05) is 12.1 Å². The van der Waals surface area contributed by atoms with Crippen LogP contribution in [0, 0.1) is 0 Å². The van der Waals surface area contributed by atoms with E-state index in [4.69, 9.17) is 15.2 Å². The maximum Gasteiger partial charge on any atom is 0.248 e. The Morgan fingerprint density at radius 1 is 1.13 bits per heavy atom. The maximum absolute atomic E-state index is 11.2. The number of carbonyl (C=O) groups is 1. The van der Waals surface area contributed by atoms with Gasteiger partial charge in [-0.05, 0) is 61.3 Å². The van der Waals surface area contributed by atoms with Crippen LogP contribution in [0.5, 0.6) is 17.4 Å². The van der Waals surface area contributed by atoms with Crippen molar-refractivity contribution in [3.05, 3.63) is 71.4 Å². The molecule has 1 saturated heterocycles. The fraction of sp³-hybridized carbons (Fsp3) is 0.304. The van der Waals surface area contributed by atoms with E-state index in [0.29, 0.717) is 23.2 Å². The zero-order valence-electron chi connectivity index (χ0n) is 17.2. The van der Waals surface area contributed by atoms with Gasteiger partial charge in [0.25, 0.3) is 0 Å². The number of hydrogen-bond donors (Lipinski definition) is 1. The Kier molecular flexibility index (Phi) is 5.72. The third-order valence-electron chi connectivity index (χ3n) is 5.42. The number of methoxy groups -OCH3 is 1. The van der Waals surface area contributed by atoms with Crippen molar-refractivity contribution in [2.24, 2.45) is 12.8 Å². The Labute approximate surface area is 176 Å². The number of amides is 1. The molecule has 1 amide bonds. The van der Waals surface area contributed by atoms with Crippen LogP contribution in [0.4, 0.5) is 0 Å². The number of benzene rings is 2. The number of primary amides is 1. The Morgan fingerprint density at radius 2 is 1.80 bits per heavy atom. The van der Waals surface area contributed by atoms with E-state index in [1.54, 1.807) is 31.4 Å². The Morgan fingerprint density at radius 3 is 2.43 bits per heavy atom. The lowest BCUT2D eigenvalue weighted by molar-refractivity contribution is 0.100. The smallest absolute Gasteiger partial charge is 0.248 e. The van der Waals surface area contributed by atoms with Gasteiger partial charge in [0.05, 0.1) is 12.7 Å². The van der Waals surface area contributed by atoms with E-state index >= 15 is 0 Å². The Hall–Kier alpha value is -3.32. The van der Waals surface area contributed by atoms with Crippen molar-refractivity contribution in [3.8, 4) is 17.4 Å². The van der Waals surface area contributed by atoms with Crippen molar-refractivity contribution in [1.29, 1.82) is 0 Å². The molecule has 1 aliphatic heterocycles. The summed E-state index contributed by atoms with van der Waals surface area (Å²) in [4.78, 5) is 13.6. The van der Waals surface area contributed by atoms with Gasteiger partial charge in [-0.2, -0.15) is 0 Å². The van der Waals surface area contributed by atoms with E-state index in [9.17, 15) is 4.79 Å². The molecular weight excluding hydrogens is 380 g/mol. The summed E-state index contributed by atoms with van der Waals surface area (Å²) in [5.74, 6) is 1.67. The molecule has 7 heteroatoms. The number of carbonyl (C=O) groups excluding carboxylic acids is 1. The van der Waals surface area contributed by atoms with Crippen LogP contribution >= 0.6 is 0 Å². The van der Waals surface area contributed by atoms with Crippen LogP contribution in [0.15, 0.2) is 54.7 Å². The summed E-state index contributed by atoms with van der Waals surface area (Å²) in [6, 6.07) is 15.2. The molecule has 0 unspecified atom stereocenters. The highest BCUT2D eigenvalue weighted by atomic mass is 16.5. The molecule has 3 aromatic rings. The van der Waals surface area contributed by atoms with Gasteiger partial charge in [0.1, 0.15) is 11.5 Å². The highest BCUT2D eigenvalue weighted by Gasteiger charge is 2.30. The van der Waals surface area contributed by atoms with Crippen LogP contribution in [0.25, 0.3) is 0 Å². The van der Waals surface area contributed by atoms with Gasteiger partial charge < -0.3 is 15.2 Å². The van der Waals surface area contributed by atoms with Gasteiger partial charge in [0.2, 0.25) is 11.8 Å². The molecule has 1 aliphatic rings. The first kappa shape index (κ1) is 20.0. The highest BCUT2D eigenvalue weighted by molar-refractivity contribution is 5.92. The third-order valence-corrected chi connectivity index (χ3v) is 5.42. The highest BCUT2D eigenvalue weighted by Crippen LogP contribution is 2.37. The van der Waals surface area contributed by atoms with E-state index in [-0.39, 0.29) is 0 Å². The van der Waals surface area contributed by atoms with Gasteiger partial charge >= 0.3 is 0 Å². The van der Waals surface area contributed by atoms with Crippen molar-refractivity contribution in [2.75, 3.05) is 13.7 Å². The monoisotopic (exact) mass is 406 g/mol. The van der Waals surface area contributed by atoms with Crippen molar-refractivity contribution in [1.82, 2.24) is 14.7 Å². The van der Waals surface area contributed by atoms with Gasteiger partial charge in [0, 0.05) is 31.4 Å². The average Bonchev–Trinajstić information content (AvgIpc) is 3.35. The summed E-state index contributed by atoms with van der Waals surface area (Å²) in [5.41, 5.74) is 8.10. The number of aryl methyl sites for hydroxylation is 1. The lowest BCUT2D eigenvalue weighted by Gasteiger charge is -2.24. The molecule has 2 aromatic carbocycles. The maximum atomic E-state index is 11.2. The first-order chi connectivity index (χ1) is 14.5. The van der Waals surface area contributed by atoms with Crippen LogP contribution in [-0.4, -0.2) is 34.2 Å². The molecule has 4 rings (SSSR count). The molecule has 2 heterocycles. The predicted molar refractivity (Wildman–Crippen MR) is 114 cm³/mol. The standard InChI is InChI=1S/C23H26N4O3/c1-26-15-20(23(25-26)29-2)21-4-3-13-27(21)14-16-5-9-18(10-6-16)30-19-11-7-17(8-12-19)22(24)28/h5-12,15,21H,3-4,13-14H2,1-2H3,(H2,24,28)/t21-/m0/s1. The normalized spacial score (nSPS) is 16.5. The molecule has 0 radical (unpaired) electrons. The number of aromatic nitrogens is 2. The average molecular weight is 406 g/mol. The van der Waals surface area contributed by atoms with Gasteiger partial charge in [-0.25, -0.2) is 0 Å². The molecule has 156 valence electrons. The van der Waals surface area contributed by atoms with E-state index in [1.807, 2.05) is 23.9 Å². The first-order valence-corrected chi connectivity index (χ1v) is 10.0. The number of rotatable bonds is 7. The second kappa shape index (κ2) is 8.59. The van der Waals surface area contributed by atoms with E-state index in [2.05, 4.69) is 28.3 Å². The van der Waals surface area contributed by atoms with Gasteiger partial charge in [-0.3, -0.25) is 14.4 Å². The zero-order valence-corrected chi connectivity index (χ0v) is 17.2. The second-order valence-corrected chi connectivity index (χ2v) is 7.53. The summed E-state index contributed by atoms with van der Waals surface area (Å²) in [5, 5.41) is 4.41. The molecule has 0 bridgehead atoms. The Balaban J connectivity index is 1.42. The second-order valence-electron chi connectivity index (χ2n) is 7.53. The molecule has 1 atom stereocenters. The van der Waals surface area contributed by atoms with Crippen LogP contribution in [0.3, 0.4) is 0 Å².